The Balaban J connectivity index is 2.46. The van der Waals surface area contributed by atoms with Crippen LogP contribution in [0.2, 0.25) is 0 Å². The lowest BCUT2D eigenvalue weighted by atomic mass is 10.2. The van der Waals surface area contributed by atoms with E-state index in [0.29, 0.717) is 5.92 Å². The van der Waals surface area contributed by atoms with E-state index in [-0.39, 0.29) is 0 Å². The van der Waals surface area contributed by atoms with Gasteiger partial charge >= 0.3 is 0 Å². The van der Waals surface area contributed by atoms with Crippen molar-refractivity contribution in [3.8, 4) is 0 Å². The van der Waals surface area contributed by atoms with E-state index in [4.69, 9.17) is 0 Å². The predicted molar refractivity (Wildman–Crippen MR) is 73.3 cm³/mol. The molecule has 0 aromatic carbocycles. The molecule has 0 radical (unpaired) electrons. The highest BCUT2D eigenvalue weighted by Crippen LogP contribution is 2.09. The number of halogens is 1. The first-order valence-electron chi connectivity index (χ1n) is 5.57. The molecule has 1 aromatic rings. The lowest BCUT2D eigenvalue weighted by Gasteiger charge is -2.07. The summed E-state index contributed by atoms with van der Waals surface area (Å²) >= 11 is 3.37. The van der Waals surface area contributed by atoms with Crippen LogP contribution in [0.3, 0.4) is 0 Å². The van der Waals surface area contributed by atoms with Gasteiger partial charge < -0.3 is 5.32 Å². The Labute approximate surface area is 106 Å². The topological polar surface area (TPSA) is 24.9 Å². The Hall–Kier alpha value is -0.670. The maximum absolute atomic E-state index is 4.31. The minimum absolute atomic E-state index is 0.693. The molecule has 88 valence electrons. The van der Waals surface area contributed by atoms with E-state index in [1.807, 2.05) is 18.3 Å². The van der Waals surface area contributed by atoms with Gasteiger partial charge in [-0.2, -0.15) is 0 Å². The van der Waals surface area contributed by atoms with Crippen LogP contribution in [-0.4, -0.2) is 18.1 Å². The Morgan fingerprint density at radius 3 is 2.81 bits per heavy atom. The van der Waals surface area contributed by atoms with Gasteiger partial charge in [-0.05, 0) is 53.5 Å². The number of hydrogen-bond acceptors (Lipinski definition) is 2. The average molecular weight is 283 g/mol. The Bertz CT molecular complexity index is 341. The molecule has 1 heterocycles. The van der Waals surface area contributed by atoms with Crippen molar-refractivity contribution in [2.75, 3.05) is 13.1 Å². The summed E-state index contributed by atoms with van der Waals surface area (Å²) in [6.45, 7) is 8.52. The van der Waals surface area contributed by atoms with Gasteiger partial charge in [-0.1, -0.05) is 19.4 Å². The highest BCUT2D eigenvalue weighted by molar-refractivity contribution is 9.10. The summed E-state index contributed by atoms with van der Waals surface area (Å²) in [4.78, 5) is 4.31. The van der Waals surface area contributed by atoms with Crippen LogP contribution in [0, 0.1) is 5.92 Å². The Morgan fingerprint density at radius 1 is 1.50 bits per heavy atom. The highest BCUT2D eigenvalue weighted by atomic mass is 79.9. The van der Waals surface area contributed by atoms with E-state index in [9.17, 15) is 0 Å². The zero-order valence-corrected chi connectivity index (χ0v) is 11.7. The van der Waals surface area contributed by atoms with Gasteiger partial charge in [-0.3, -0.25) is 4.98 Å². The molecule has 0 spiro atoms. The van der Waals surface area contributed by atoms with Gasteiger partial charge in [-0.15, -0.1) is 0 Å². The van der Waals surface area contributed by atoms with E-state index in [1.54, 1.807) is 0 Å². The van der Waals surface area contributed by atoms with Crippen molar-refractivity contribution >= 4 is 22.0 Å². The second kappa shape index (κ2) is 6.81. The summed E-state index contributed by atoms with van der Waals surface area (Å²) in [7, 11) is 0. The third-order valence-corrected chi connectivity index (χ3v) is 2.57. The number of rotatable bonds is 5. The predicted octanol–water partition coefficient (Wildman–Crippen LogP) is 3.49. The molecule has 0 saturated carbocycles. The standard InChI is InChI=1S/C13H19BrN2/c1-10(2)7-15-8-11(3)6-13-5-4-12(14)9-16-13/h4-6,9-10,15H,7-8H2,1-3H3/b11-6+. The number of pyridine rings is 1. The fourth-order valence-corrected chi connectivity index (χ4v) is 1.57. The first kappa shape index (κ1) is 13.4. The second-order valence-corrected chi connectivity index (χ2v) is 5.33. The molecule has 3 heteroatoms. The molecule has 1 rings (SSSR count). The van der Waals surface area contributed by atoms with Gasteiger partial charge in [0.05, 0.1) is 5.69 Å². The maximum Gasteiger partial charge on any atom is 0.0630 e. The normalized spacial score (nSPS) is 12.2. The monoisotopic (exact) mass is 282 g/mol. The third kappa shape index (κ3) is 5.42. The van der Waals surface area contributed by atoms with Crippen molar-refractivity contribution in [2.24, 2.45) is 5.92 Å². The molecule has 2 nitrogen and oxygen atoms in total. The van der Waals surface area contributed by atoms with Crippen LogP contribution in [-0.2, 0) is 0 Å². The Morgan fingerprint density at radius 2 is 2.25 bits per heavy atom. The number of nitrogens with one attached hydrogen (secondary N) is 1. The summed E-state index contributed by atoms with van der Waals surface area (Å²) in [5, 5.41) is 3.41. The van der Waals surface area contributed by atoms with Crippen molar-refractivity contribution in [3.63, 3.8) is 0 Å². The molecule has 1 aromatic heterocycles. The van der Waals surface area contributed by atoms with Crippen LogP contribution in [0.15, 0.2) is 28.4 Å². The van der Waals surface area contributed by atoms with Gasteiger partial charge in [0.1, 0.15) is 0 Å². The SMILES string of the molecule is C/C(=C\c1ccc(Br)cn1)CNCC(C)C. The van der Waals surface area contributed by atoms with Crippen molar-refractivity contribution in [1.82, 2.24) is 10.3 Å². The first-order valence-corrected chi connectivity index (χ1v) is 6.36. The lowest BCUT2D eigenvalue weighted by molar-refractivity contribution is 0.572. The summed E-state index contributed by atoms with van der Waals surface area (Å²) in [5.41, 5.74) is 2.31. The summed E-state index contributed by atoms with van der Waals surface area (Å²) < 4.78 is 1.01. The van der Waals surface area contributed by atoms with Crippen molar-refractivity contribution < 1.29 is 0 Å². The quantitative estimate of drug-likeness (QED) is 0.894. The number of hydrogen-bond donors (Lipinski definition) is 1. The fourth-order valence-electron chi connectivity index (χ4n) is 1.33. The minimum atomic E-state index is 0.693. The molecule has 1 N–H and O–H groups in total. The zero-order valence-electron chi connectivity index (χ0n) is 10.1. The van der Waals surface area contributed by atoms with Crippen LogP contribution in [0.25, 0.3) is 6.08 Å². The third-order valence-electron chi connectivity index (χ3n) is 2.10. The van der Waals surface area contributed by atoms with E-state index in [1.165, 1.54) is 5.57 Å². The van der Waals surface area contributed by atoms with Crippen LogP contribution >= 0.6 is 15.9 Å². The van der Waals surface area contributed by atoms with Crippen molar-refractivity contribution in [3.05, 3.63) is 34.1 Å². The molecule has 0 aliphatic heterocycles. The van der Waals surface area contributed by atoms with Crippen LogP contribution in [0.1, 0.15) is 26.5 Å². The fraction of sp³-hybridized carbons (Fsp3) is 0.462. The van der Waals surface area contributed by atoms with Crippen molar-refractivity contribution in [1.29, 1.82) is 0 Å². The second-order valence-electron chi connectivity index (χ2n) is 4.42. The average Bonchev–Trinajstić information content (AvgIpc) is 2.21. The molecule has 0 bridgehead atoms. The van der Waals surface area contributed by atoms with Gasteiger partial charge in [0.25, 0.3) is 0 Å². The maximum atomic E-state index is 4.31. The van der Waals surface area contributed by atoms with Gasteiger partial charge in [0, 0.05) is 17.2 Å². The molecule has 0 aliphatic rings. The van der Waals surface area contributed by atoms with E-state index >= 15 is 0 Å². The molecular formula is C13H19BrN2. The molecule has 0 fully saturated rings. The highest BCUT2D eigenvalue weighted by Gasteiger charge is 1.95. The van der Waals surface area contributed by atoms with Crippen LogP contribution < -0.4 is 5.32 Å². The Kier molecular flexibility index (Phi) is 5.71. The minimum Gasteiger partial charge on any atom is -0.313 e. The molecule has 16 heavy (non-hydrogen) atoms. The van der Waals surface area contributed by atoms with Gasteiger partial charge in [-0.25, -0.2) is 0 Å². The molecule has 0 unspecified atom stereocenters. The largest absolute Gasteiger partial charge is 0.313 e. The molecule has 0 atom stereocenters. The van der Waals surface area contributed by atoms with Crippen LogP contribution in [0.4, 0.5) is 0 Å². The summed E-state index contributed by atoms with van der Waals surface area (Å²) in [6.07, 6.45) is 3.93. The zero-order chi connectivity index (χ0) is 12.0. The molecular weight excluding hydrogens is 264 g/mol. The van der Waals surface area contributed by atoms with Crippen molar-refractivity contribution in [2.45, 2.75) is 20.8 Å². The molecule has 0 amide bonds. The lowest BCUT2D eigenvalue weighted by Crippen LogP contribution is -2.21. The summed E-state index contributed by atoms with van der Waals surface area (Å²) in [5.74, 6) is 0.693. The smallest absolute Gasteiger partial charge is 0.0630 e. The van der Waals surface area contributed by atoms with E-state index in [2.05, 4.69) is 53.1 Å². The van der Waals surface area contributed by atoms with Gasteiger partial charge in [0.15, 0.2) is 0 Å². The molecule has 0 saturated heterocycles. The first-order chi connectivity index (χ1) is 7.58. The number of aromatic nitrogens is 1. The van der Waals surface area contributed by atoms with Crippen LogP contribution in [0.5, 0.6) is 0 Å². The number of nitrogens with zero attached hydrogens (tertiary/aromatic N) is 1. The van der Waals surface area contributed by atoms with E-state index < -0.39 is 0 Å². The van der Waals surface area contributed by atoms with E-state index in [0.717, 1.165) is 23.3 Å². The molecule has 0 aliphatic carbocycles. The van der Waals surface area contributed by atoms with Gasteiger partial charge in [0.2, 0.25) is 0 Å². The summed E-state index contributed by atoms with van der Waals surface area (Å²) in [6, 6.07) is 4.02.